The summed E-state index contributed by atoms with van der Waals surface area (Å²) in [5.41, 5.74) is 4.73. The van der Waals surface area contributed by atoms with Crippen molar-refractivity contribution < 1.29 is 17.9 Å². The number of hydrogen-bond acceptors (Lipinski definition) is 5. The lowest BCUT2D eigenvalue weighted by Crippen LogP contribution is -2.40. The van der Waals surface area contributed by atoms with Gasteiger partial charge in [0.25, 0.3) is 0 Å². The number of anilines is 1. The molecule has 32 heavy (non-hydrogen) atoms. The van der Waals surface area contributed by atoms with Crippen molar-refractivity contribution in [1.29, 1.82) is 0 Å². The standard InChI is InChI=1S/C24H27N3O4S/c1-16-8-9-19(14-23(16)32(29,30)27-10-12-31-13-11-27)26-24(28)15-21-17(2)20-6-4-5-7-22(20)25-18(21)3/h4-9,14H,10-13,15H2,1-3H3,(H,26,28). The van der Waals surface area contributed by atoms with Crippen LogP contribution >= 0.6 is 0 Å². The number of para-hydroxylation sites is 1. The Morgan fingerprint density at radius 2 is 1.81 bits per heavy atom. The van der Waals surface area contributed by atoms with Crippen molar-refractivity contribution in [3.05, 3.63) is 64.8 Å². The highest BCUT2D eigenvalue weighted by Gasteiger charge is 2.28. The van der Waals surface area contributed by atoms with Gasteiger partial charge in [0.2, 0.25) is 15.9 Å². The molecule has 0 atom stereocenters. The number of pyridine rings is 1. The highest BCUT2D eigenvalue weighted by molar-refractivity contribution is 7.89. The Morgan fingerprint density at radius 3 is 2.56 bits per heavy atom. The molecule has 0 aliphatic carbocycles. The molecule has 1 N–H and O–H groups in total. The third-order valence-corrected chi connectivity index (χ3v) is 7.92. The van der Waals surface area contributed by atoms with Gasteiger partial charge in [-0.3, -0.25) is 9.78 Å². The summed E-state index contributed by atoms with van der Waals surface area (Å²) in [7, 11) is -3.66. The molecule has 3 aromatic rings. The molecule has 2 heterocycles. The molecule has 4 rings (SSSR count). The predicted octanol–water partition coefficient (Wildman–Crippen LogP) is 3.36. The first kappa shape index (κ1) is 22.4. The van der Waals surface area contributed by atoms with Gasteiger partial charge in [0.1, 0.15) is 0 Å². The van der Waals surface area contributed by atoms with Gasteiger partial charge in [0.15, 0.2) is 0 Å². The lowest BCUT2D eigenvalue weighted by Gasteiger charge is -2.26. The third-order valence-electron chi connectivity index (χ3n) is 5.88. The Hall–Kier alpha value is -2.81. The second-order valence-corrected chi connectivity index (χ2v) is 9.95. The molecule has 0 radical (unpaired) electrons. The molecule has 8 heteroatoms. The van der Waals surface area contributed by atoms with Crippen LogP contribution in [0, 0.1) is 20.8 Å². The summed E-state index contributed by atoms with van der Waals surface area (Å²) in [5, 5.41) is 3.88. The maximum atomic E-state index is 13.1. The fraction of sp³-hybridized carbons (Fsp3) is 0.333. The minimum atomic E-state index is -3.66. The predicted molar refractivity (Wildman–Crippen MR) is 124 cm³/mol. The first-order chi connectivity index (χ1) is 15.3. The Kier molecular flexibility index (Phi) is 6.28. The van der Waals surface area contributed by atoms with Gasteiger partial charge < -0.3 is 10.1 Å². The zero-order chi connectivity index (χ0) is 22.9. The molecule has 1 amide bonds. The van der Waals surface area contributed by atoms with Crippen LogP contribution in [0.2, 0.25) is 0 Å². The van der Waals surface area contributed by atoms with E-state index in [2.05, 4.69) is 10.3 Å². The third kappa shape index (κ3) is 4.39. The molecule has 1 saturated heterocycles. The number of benzene rings is 2. The van der Waals surface area contributed by atoms with Gasteiger partial charge in [-0.15, -0.1) is 0 Å². The fourth-order valence-electron chi connectivity index (χ4n) is 4.08. The van der Waals surface area contributed by atoms with Crippen LogP contribution in [-0.4, -0.2) is 49.9 Å². The van der Waals surface area contributed by atoms with Crippen molar-refractivity contribution in [1.82, 2.24) is 9.29 Å². The van der Waals surface area contributed by atoms with E-state index in [9.17, 15) is 13.2 Å². The van der Waals surface area contributed by atoms with E-state index < -0.39 is 10.0 Å². The average Bonchev–Trinajstić information content (AvgIpc) is 2.78. The highest BCUT2D eigenvalue weighted by atomic mass is 32.2. The number of sulfonamides is 1. The summed E-state index contributed by atoms with van der Waals surface area (Å²) in [6.07, 6.45) is 0.162. The zero-order valence-electron chi connectivity index (χ0n) is 18.5. The normalized spacial score (nSPS) is 15.1. The maximum Gasteiger partial charge on any atom is 0.243 e. The van der Waals surface area contributed by atoms with E-state index in [0.29, 0.717) is 37.6 Å². The molecule has 2 aromatic carbocycles. The van der Waals surface area contributed by atoms with Gasteiger partial charge in [-0.1, -0.05) is 24.3 Å². The van der Waals surface area contributed by atoms with Gasteiger partial charge in [0, 0.05) is 29.9 Å². The van der Waals surface area contributed by atoms with Crippen LogP contribution in [0.25, 0.3) is 10.9 Å². The van der Waals surface area contributed by atoms with Crippen LogP contribution in [-0.2, 0) is 26.0 Å². The number of aryl methyl sites for hydroxylation is 3. The van der Waals surface area contributed by atoms with Crippen LogP contribution in [0.5, 0.6) is 0 Å². The van der Waals surface area contributed by atoms with Crippen LogP contribution in [0.1, 0.15) is 22.4 Å². The number of carbonyl (C=O) groups is 1. The maximum absolute atomic E-state index is 13.1. The number of nitrogens with one attached hydrogen (secondary N) is 1. The number of aromatic nitrogens is 1. The van der Waals surface area contributed by atoms with Crippen molar-refractivity contribution in [3.8, 4) is 0 Å². The van der Waals surface area contributed by atoms with Crippen LogP contribution in [0.3, 0.4) is 0 Å². The summed E-state index contributed by atoms with van der Waals surface area (Å²) in [4.78, 5) is 17.7. The van der Waals surface area contributed by atoms with E-state index in [1.54, 1.807) is 19.1 Å². The first-order valence-electron chi connectivity index (χ1n) is 10.6. The summed E-state index contributed by atoms with van der Waals surface area (Å²) < 4.78 is 32.9. The van der Waals surface area contributed by atoms with Crippen molar-refractivity contribution in [2.24, 2.45) is 0 Å². The molecule has 0 unspecified atom stereocenters. The van der Waals surface area contributed by atoms with E-state index in [1.807, 2.05) is 38.1 Å². The van der Waals surface area contributed by atoms with Gasteiger partial charge in [0.05, 0.1) is 30.0 Å². The second-order valence-electron chi connectivity index (χ2n) is 8.04. The lowest BCUT2D eigenvalue weighted by molar-refractivity contribution is -0.115. The van der Waals surface area contributed by atoms with E-state index in [-0.39, 0.29) is 17.2 Å². The van der Waals surface area contributed by atoms with Crippen molar-refractivity contribution in [3.63, 3.8) is 0 Å². The van der Waals surface area contributed by atoms with Gasteiger partial charge in [-0.05, 0) is 55.7 Å². The Bertz CT molecular complexity index is 1280. The van der Waals surface area contributed by atoms with E-state index in [4.69, 9.17) is 4.74 Å². The lowest BCUT2D eigenvalue weighted by atomic mass is 9.99. The number of fused-ring (bicyclic) bond motifs is 1. The molecular formula is C24H27N3O4S. The molecule has 1 aliphatic heterocycles. The molecular weight excluding hydrogens is 426 g/mol. The van der Waals surface area contributed by atoms with Crippen LogP contribution in [0.15, 0.2) is 47.4 Å². The number of hydrogen-bond donors (Lipinski definition) is 1. The fourth-order valence-corrected chi connectivity index (χ4v) is 5.74. The minimum absolute atomic E-state index is 0.162. The molecule has 0 bridgehead atoms. The number of amides is 1. The molecule has 7 nitrogen and oxygen atoms in total. The molecule has 168 valence electrons. The van der Waals surface area contributed by atoms with Crippen molar-refractivity contribution in [2.45, 2.75) is 32.1 Å². The Balaban J connectivity index is 1.57. The zero-order valence-corrected chi connectivity index (χ0v) is 19.3. The van der Waals surface area contributed by atoms with Crippen molar-refractivity contribution in [2.75, 3.05) is 31.6 Å². The van der Waals surface area contributed by atoms with Gasteiger partial charge in [-0.25, -0.2) is 8.42 Å². The summed E-state index contributed by atoms with van der Waals surface area (Å²) >= 11 is 0. The van der Waals surface area contributed by atoms with E-state index >= 15 is 0 Å². The first-order valence-corrected chi connectivity index (χ1v) is 12.0. The summed E-state index contributed by atoms with van der Waals surface area (Å²) in [5.74, 6) is -0.216. The summed E-state index contributed by atoms with van der Waals surface area (Å²) in [6.45, 7) is 7.07. The van der Waals surface area contributed by atoms with Crippen LogP contribution < -0.4 is 5.32 Å². The largest absolute Gasteiger partial charge is 0.379 e. The van der Waals surface area contributed by atoms with Crippen LogP contribution in [0.4, 0.5) is 5.69 Å². The molecule has 0 spiro atoms. The Labute approximate surface area is 188 Å². The minimum Gasteiger partial charge on any atom is -0.379 e. The molecule has 1 aromatic heterocycles. The topological polar surface area (TPSA) is 88.6 Å². The number of ether oxygens (including phenoxy) is 1. The Morgan fingerprint density at radius 1 is 1.09 bits per heavy atom. The number of nitrogens with zero attached hydrogens (tertiary/aromatic N) is 2. The SMILES string of the molecule is Cc1ccc(NC(=O)Cc2c(C)nc3ccccc3c2C)cc1S(=O)(=O)N1CCOCC1. The monoisotopic (exact) mass is 453 g/mol. The number of carbonyl (C=O) groups excluding carboxylic acids is 1. The molecule has 0 saturated carbocycles. The smallest absolute Gasteiger partial charge is 0.243 e. The summed E-state index contributed by atoms with van der Waals surface area (Å²) in [6, 6.07) is 12.8. The second kappa shape index (κ2) is 8.97. The molecule has 1 aliphatic rings. The number of morpholine rings is 1. The van der Waals surface area contributed by atoms with Gasteiger partial charge >= 0.3 is 0 Å². The van der Waals surface area contributed by atoms with Crippen molar-refractivity contribution >= 4 is 32.5 Å². The van der Waals surface area contributed by atoms with E-state index in [0.717, 1.165) is 27.7 Å². The average molecular weight is 454 g/mol. The van der Waals surface area contributed by atoms with Gasteiger partial charge in [-0.2, -0.15) is 4.31 Å². The molecule has 1 fully saturated rings. The number of rotatable bonds is 5. The quantitative estimate of drug-likeness (QED) is 0.640. The highest BCUT2D eigenvalue weighted by Crippen LogP contribution is 2.26. The van der Waals surface area contributed by atoms with E-state index in [1.165, 1.54) is 10.4 Å².